The second kappa shape index (κ2) is 4.24. The van der Waals surface area contributed by atoms with Gasteiger partial charge in [-0.05, 0) is 37.3 Å². The number of carbonyl (C=O) groups is 1. The van der Waals surface area contributed by atoms with Crippen molar-refractivity contribution in [1.82, 2.24) is 10.3 Å². The molecule has 1 aliphatic rings. The number of nitrogens with one attached hydrogen (secondary N) is 1. The molecule has 0 radical (unpaired) electrons. The highest BCUT2D eigenvalue weighted by Gasteiger charge is 2.19. The van der Waals surface area contributed by atoms with Crippen LogP contribution in [0.2, 0.25) is 0 Å². The number of hydrogen-bond donors (Lipinski definition) is 2. The van der Waals surface area contributed by atoms with E-state index in [2.05, 4.69) is 16.4 Å². The van der Waals surface area contributed by atoms with E-state index in [1.54, 1.807) is 7.05 Å². The van der Waals surface area contributed by atoms with Gasteiger partial charge in [-0.25, -0.2) is 4.98 Å². The smallest absolute Gasteiger partial charge is 0.263 e. The fraction of sp³-hybridized carbons (Fsp3) is 0.385. The third kappa shape index (κ3) is 1.66. The van der Waals surface area contributed by atoms with E-state index >= 15 is 0 Å². The molecule has 18 heavy (non-hydrogen) atoms. The monoisotopic (exact) mass is 261 g/mol. The van der Waals surface area contributed by atoms with Crippen LogP contribution in [0.3, 0.4) is 0 Å². The standard InChI is InChI=1S/C13H15N3OS/c1-15-12(17)11-10(14)8-6-7-4-2-3-5-9(7)16-13(8)18-11/h6H,2-5,14H2,1H3,(H,15,17). The number of nitrogens with two attached hydrogens (primary N) is 1. The third-order valence-corrected chi connectivity index (χ3v) is 4.55. The predicted octanol–water partition coefficient (Wildman–Crippen LogP) is 2.12. The molecule has 2 aromatic rings. The Kier molecular flexibility index (Phi) is 2.70. The van der Waals surface area contributed by atoms with E-state index in [0.29, 0.717) is 10.6 Å². The van der Waals surface area contributed by atoms with Gasteiger partial charge in [-0.15, -0.1) is 11.3 Å². The lowest BCUT2D eigenvalue weighted by molar-refractivity contribution is 0.0968. The van der Waals surface area contributed by atoms with Crippen molar-refractivity contribution < 1.29 is 4.79 Å². The molecule has 3 rings (SSSR count). The van der Waals surface area contributed by atoms with Crippen LogP contribution >= 0.6 is 11.3 Å². The lowest BCUT2D eigenvalue weighted by Gasteiger charge is -2.14. The molecule has 0 unspecified atom stereocenters. The number of carbonyl (C=O) groups excluding carboxylic acids is 1. The topological polar surface area (TPSA) is 68.0 Å². The van der Waals surface area contributed by atoms with Crippen LogP contribution in [-0.2, 0) is 12.8 Å². The summed E-state index contributed by atoms with van der Waals surface area (Å²) in [5.74, 6) is -0.131. The molecule has 0 fully saturated rings. The summed E-state index contributed by atoms with van der Waals surface area (Å²) in [5, 5.41) is 3.55. The molecular formula is C13H15N3OS. The Labute approximate surface area is 109 Å². The van der Waals surface area contributed by atoms with Crippen LogP contribution in [0.25, 0.3) is 10.2 Å². The SMILES string of the molecule is CNC(=O)c1sc2nc3c(cc2c1N)CCCC3. The van der Waals surface area contributed by atoms with Gasteiger partial charge in [-0.2, -0.15) is 0 Å². The summed E-state index contributed by atoms with van der Waals surface area (Å²) >= 11 is 1.38. The molecule has 1 aliphatic carbocycles. The minimum absolute atomic E-state index is 0.131. The fourth-order valence-electron chi connectivity index (χ4n) is 2.44. The van der Waals surface area contributed by atoms with Gasteiger partial charge in [0.05, 0.1) is 5.69 Å². The van der Waals surface area contributed by atoms with Crippen molar-refractivity contribution in [3.8, 4) is 0 Å². The van der Waals surface area contributed by atoms with Crippen molar-refractivity contribution >= 4 is 33.1 Å². The lowest BCUT2D eigenvalue weighted by Crippen LogP contribution is -2.17. The minimum atomic E-state index is -0.131. The van der Waals surface area contributed by atoms with Gasteiger partial charge in [0, 0.05) is 18.1 Å². The first kappa shape index (κ1) is 11.5. The highest BCUT2D eigenvalue weighted by molar-refractivity contribution is 7.21. The molecule has 0 saturated heterocycles. The van der Waals surface area contributed by atoms with Gasteiger partial charge in [-0.3, -0.25) is 4.79 Å². The zero-order valence-corrected chi connectivity index (χ0v) is 11.1. The van der Waals surface area contributed by atoms with E-state index < -0.39 is 0 Å². The Hall–Kier alpha value is -1.62. The zero-order valence-electron chi connectivity index (χ0n) is 10.2. The molecule has 0 saturated carbocycles. The van der Waals surface area contributed by atoms with Crippen molar-refractivity contribution in [3.05, 3.63) is 22.2 Å². The van der Waals surface area contributed by atoms with E-state index in [4.69, 9.17) is 5.73 Å². The summed E-state index contributed by atoms with van der Waals surface area (Å²) in [6.07, 6.45) is 4.53. The van der Waals surface area contributed by atoms with Crippen LogP contribution < -0.4 is 11.1 Å². The van der Waals surface area contributed by atoms with Gasteiger partial charge in [0.2, 0.25) is 0 Å². The van der Waals surface area contributed by atoms with E-state index in [0.717, 1.165) is 23.1 Å². The number of pyridine rings is 1. The third-order valence-electron chi connectivity index (χ3n) is 3.43. The second-order valence-electron chi connectivity index (χ2n) is 4.58. The molecule has 94 valence electrons. The van der Waals surface area contributed by atoms with Crippen molar-refractivity contribution in [2.24, 2.45) is 0 Å². The minimum Gasteiger partial charge on any atom is -0.397 e. The number of rotatable bonds is 1. The van der Waals surface area contributed by atoms with E-state index in [9.17, 15) is 4.79 Å². The highest BCUT2D eigenvalue weighted by Crippen LogP contribution is 2.35. The average molecular weight is 261 g/mol. The van der Waals surface area contributed by atoms with Gasteiger partial charge in [0.1, 0.15) is 9.71 Å². The Morgan fingerprint density at radius 2 is 2.22 bits per heavy atom. The molecule has 0 aliphatic heterocycles. The second-order valence-corrected chi connectivity index (χ2v) is 5.58. The molecule has 2 heterocycles. The molecule has 5 heteroatoms. The van der Waals surface area contributed by atoms with E-state index in [1.165, 1.54) is 35.4 Å². The van der Waals surface area contributed by atoms with Gasteiger partial charge in [-0.1, -0.05) is 0 Å². The maximum atomic E-state index is 11.7. The number of aromatic nitrogens is 1. The average Bonchev–Trinajstić information content (AvgIpc) is 2.72. The molecule has 4 nitrogen and oxygen atoms in total. The maximum Gasteiger partial charge on any atom is 0.263 e. The summed E-state index contributed by atoms with van der Waals surface area (Å²) < 4.78 is 0. The highest BCUT2D eigenvalue weighted by atomic mass is 32.1. The summed E-state index contributed by atoms with van der Waals surface area (Å²) in [5.41, 5.74) is 9.10. The zero-order chi connectivity index (χ0) is 12.7. The van der Waals surface area contributed by atoms with Crippen LogP contribution in [0.4, 0.5) is 5.69 Å². The number of nitrogen functional groups attached to an aromatic ring is 1. The fourth-order valence-corrected chi connectivity index (χ4v) is 3.48. The molecular weight excluding hydrogens is 246 g/mol. The van der Waals surface area contributed by atoms with Crippen molar-refractivity contribution in [2.45, 2.75) is 25.7 Å². The first-order chi connectivity index (χ1) is 8.70. The van der Waals surface area contributed by atoms with Gasteiger partial charge in [0.15, 0.2) is 0 Å². The number of fused-ring (bicyclic) bond motifs is 2. The summed E-state index contributed by atoms with van der Waals surface area (Å²) in [4.78, 5) is 17.8. The van der Waals surface area contributed by atoms with Crippen LogP contribution in [0, 0.1) is 0 Å². The molecule has 3 N–H and O–H groups in total. The maximum absolute atomic E-state index is 11.7. The van der Waals surface area contributed by atoms with Crippen LogP contribution in [0.1, 0.15) is 33.8 Å². The quantitative estimate of drug-likeness (QED) is 0.826. The molecule has 0 bridgehead atoms. The van der Waals surface area contributed by atoms with Crippen molar-refractivity contribution in [2.75, 3.05) is 12.8 Å². The predicted molar refractivity (Wildman–Crippen MR) is 74.1 cm³/mol. The Morgan fingerprint density at radius 1 is 1.44 bits per heavy atom. The number of anilines is 1. The first-order valence-electron chi connectivity index (χ1n) is 6.13. The van der Waals surface area contributed by atoms with E-state index in [1.807, 2.05) is 0 Å². The number of amides is 1. The Morgan fingerprint density at radius 3 is 3.00 bits per heavy atom. The molecule has 2 aromatic heterocycles. The summed E-state index contributed by atoms with van der Waals surface area (Å²) in [7, 11) is 1.62. The number of aryl methyl sites for hydroxylation is 2. The normalized spacial score (nSPS) is 14.5. The molecule has 0 atom stereocenters. The van der Waals surface area contributed by atoms with Gasteiger partial charge < -0.3 is 11.1 Å². The summed E-state index contributed by atoms with van der Waals surface area (Å²) in [6, 6.07) is 2.12. The Bertz CT molecular complexity index is 633. The van der Waals surface area contributed by atoms with Gasteiger partial charge in [0.25, 0.3) is 5.91 Å². The molecule has 0 aromatic carbocycles. The van der Waals surface area contributed by atoms with Crippen LogP contribution in [0.15, 0.2) is 6.07 Å². The number of thiophene rings is 1. The van der Waals surface area contributed by atoms with Gasteiger partial charge >= 0.3 is 0 Å². The largest absolute Gasteiger partial charge is 0.397 e. The lowest BCUT2D eigenvalue weighted by atomic mass is 9.95. The first-order valence-corrected chi connectivity index (χ1v) is 6.95. The number of hydrogen-bond acceptors (Lipinski definition) is 4. The Balaban J connectivity index is 2.21. The van der Waals surface area contributed by atoms with Crippen LogP contribution in [-0.4, -0.2) is 17.9 Å². The molecule has 1 amide bonds. The molecule has 0 spiro atoms. The summed E-state index contributed by atoms with van der Waals surface area (Å²) in [6.45, 7) is 0. The van der Waals surface area contributed by atoms with Crippen molar-refractivity contribution in [3.63, 3.8) is 0 Å². The van der Waals surface area contributed by atoms with Crippen LogP contribution in [0.5, 0.6) is 0 Å². The van der Waals surface area contributed by atoms with E-state index in [-0.39, 0.29) is 5.91 Å². The van der Waals surface area contributed by atoms with Crippen molar-refractivity contribution in [1.29, 1.82) is 0 Å². The number of nitrogens with zero attached hydrogens (tertiary/aromatic N) is 1.